The number of anilines is 2. The number of fused-ring (bicyclic) bond motifs is 1. The van der Waals surface area contributed by atoms with E-state index in [-0.39, 0.29) is 0 Å². The number of hydrogen-bond donors (Lipinski definition) is 2. The molecule has 1 heterocycles. The van der Waals surface area contributed by atoms with Crippen LogP contribution in [0.4, 0.5) is 11.4 Å². The first-order valence-corrected chi connectivity index (χ1v) is 9.95. The van der Waals surface area contributed by atoms with Crippen LogP contribution in [0.25, 0.3) is 23.1 Å². The van der Waals surface area contributed by atoms with Gasteiger partial charge in [0.05, 0.1) is 24.2 Å². The van der Waals surface area contributed by atoms with Crippen LogP contribution in [0, 0.1) is 0 Å². The average molecular weight is 409 g/mol. The number of hydrogen-bond acceptors (Lipinski definition) is 5. The summed E-state index contributed by atoms with van der Waals surface area (Å²) in [6.07, 6.45) is 4.04. The van der Waals surface area contributed by atoms with Crippen molar-refractivity contribution in [2.75, 3.05) is 12.4 Å². The van der Waals surface area contributed by atoms with Gasteiger partial charge in [0.1, 0.15) is 11.3 Å². The smallest absolute Gasteiger partial charge is 0.145 e. The number of ether oxygens (including phenoxy) is 1. The van der Waals surface area contributed by atoms with E-state index < -0.39 is 0 Å². The number of nitrogens with one attached hydrogen (secondary N) is 1. The van der Waals surface area contributed by atoms with E-state index in [9.17, 15) is 0 Å². The van der Waals surface area contributed by atoms with Gasteiger partial charge in [0.15, 0.2) is 0 Å². The Morgan fingerprint density at radius 1 is 0.968 bits per heavy atom. The molecule has 2 N–H and O–H groups in total. The highest BCUT2D eigenvalue weighted by Crippen LogP contribution is 2.32. The summed E-state index contributed by atoms with van der Waals surface area (Å²) in [6, 6.07) is 25.8. The Labute approximate surface area is 181 Å². The van der Waals surface area contributed by atoms with Gasteiger partial charge in [-0.3, -0.25) is 0 Å². The summed E-state index contributed by atoms with van der Waals surface area (Å²) in [5.41, 5.74) is 6.00. The molecule has 0 aliphatic rings. The van der Waals surface area contributed by atoms with Gasteiger partial charge in [0.2, 0.25) is 0 Å². The van der Waals surface area contributed by atoms with Crippen LogP contribution < -0.4 is 10.1 Å². The van der Waals surface area contributed by atoms with E-state index in [1.807, 2.05) is 78.9 Å². The lowest BCUT2D eigenvalue weighted by Crippen LogP contribution is -1.98. The molecule has 0 saturated heterocycles. The van der Waals surface area contributed by atoms with Crippen LogP contribution in [-0.4, -0.2) is 23.0 Å². The highest BCUT2D eigenvalue weighted by Gasteiger charge is 2.10. The summed E-state index contributed by atoms with van der Waals surface area (Å²) < 4.78 is 5.55. The Hall–Kier alpha value is -4.12. The van der Waals surface area contributed by atoms with Gasteiger partial charge in [-0.25, -0.2) is 4.98 Å². The van der Waals surface area contributed by atoms with E-state index in [4.69, 9.17) is 14.9 Å². The first kappa shape index (κ1) is 20.2. The van der Waals surface area contributed by atoms with Gasteiger partial charge in [-0.15, -0.1) is 0 Å². The zero-order valence-electron chi connectivity index (χ0n) is 17.4. The van der Waals surface area contributed by atoms with Gasteiger partial charge in [0.25, 0.3) is 0 Å². The van der Waals surface area contributed by atoms with Gasteiger partial charge in [-0.2, -0.15) is 0 Å². The molecule has 0 amide bonds. The SMILES string of the molecule is COc1cccc2c(Nc3ccc(/C(C)=N\O)cc3)cc(/C=C/c3ccccc3)nc12. The molecular formula is C26H23N3O2. The van der Waals surface area contributed by atoms with Crippen LogP contribution in [0.3, 0.4) is 0 Å². The topological polar surface area (TPSA) is 66.7 Å². The summed E-state index contributed by atoms with van der Waals surface area (Å²) in [7, 11) is 1.65. The molecule has 0 saturated carbocycles. The molecule has 5 nitrogen and oxygen atoms in total. The van der Waals surface area contributed by atoms with Crippen LogP contribution in [0.1, 0.15) is 23.7 Å². The van der Waals surface area contributed by atoms with Crippen LogP contribution in [0.5, 0.6) is 5.75 Å². The van der Waals surface area contributed by atoms with Crippen molar-refractivity contribution in [3.05, 3.63) is 95.7 Å². The lowest BCUT2D eigenvalue weighted by atomic mass is 10.1. The highest BCUT2D eigenvalue weighted by atomic mass is 16.5. The Balaban J connectivity index is 1.75. The minimum Gasteiger partial charge on any atom is -0.494 e. The Morgan fingerprint density at radius 2 is 1.74 bits per heavy atom. The fourth-order valence-electron chi connectivity index (χ4n) is 3.35. The molecule has 0 unspecified atom stereocenters. The van der Waals surface area contributed by atoms with E-state index >= 15 is 0 Å². The molecule has 154 valence electrons. The molecule has 3 aromatic carbocycles. The van der Waals surface area contributed by atoms with E-state index in [0.29, 0.717) is 5.71 Å². The van der Waals surface area contributed by atoms with E-state index in [2.05, 4.69) is 22.6 Å². The molecule has 0 spiro atoms. The van der Waals surface area contributed by atoms with Crippen molar-refractivity contribution in [1.82, 2.24) is 4.98 Å². The first-order valence-electron chi connectivity index (χ1n) is 9.95. The third-order valence-electron chi connectivity index (χ3n) is 5.02. The summed E-state index contributed by atoms with van der Waals surface area (Å²) in [4.78, 5) is 4.82. The minimum absolute atomic E-state index is 0.569. The molecule has 31 heavy (non-hydrogen) atoms. The maximum Gasteiger partial charge on any atom is 0.145 e. The number of aromatic nitrogens is 1. The number of rotatable bonds is 6. The standard InChI is InChI=1S/C26H23N3O2/c1-18(29-30)20-12-15-21(16-13-20)27-24-17-22(14-11-19-7-4-3-5-8-19)28-26-23(24)9-6-10-25(26)31-2/h3-17,30H,1-2H3,(H,27,28)/b14-11+,29-18-. The Bertz CT molecular complexity index is 1250. The predicted molar refractivity (Wildman–Crippen MR) is 127 cm³/mol. The van der Waals surface area contributed by atoms with Crippen LogP contribution in [0.2, 0.25) is 0 Å². The number of methoxy groups -OCH3 is 1. The van der Waals surface area contributed by atoms with Crippen molar-refractivity contribution in [2.45, 2.75) is 6.92 Å². The molecular weight excluding hydrogens is 386 g/mol. The van der Waals surface area contributed by atoms with Gasteiger partial charge in [0, 0.05) is 11.1 Å². The molecule has 1 aromatic heterocycles. The molecule has 0 radical (unpaired) electrons. The van der Waals surface area contributed by atoms with Gasteiger partial charge in [-0.1, -0.05) is 65.8 Å². The maximum absolute atomic E-state index is 8.97. The van der Waals surface area contributed by atoms with Crippen molar-refractivity contribution >= 4 is 40.1 Å². The van der Waals surface area contributed by atoms with E-state index in [1.54, 1.807) is 14.0 Å². The third kappa shape index (κ3) is 4.56. The highest BCUT2D eigenvalue weighted by molar-refractivity contribution is 5.99. The van der Waals surface area contributed by atoms with E-state index in [1.165, 1.54) is 0 Å². The number of oxime groups is 1. The van der Waals surface area contributed by atoms with Gasteiger partial charge >= 0.3 is 0 Å². The second-order valence-electron chi connectivity index (χ2n) is 7.08. The molecule has 0 aliphatic carbocycles. The molecule has 0 bridgehead atoms. The quantitative estimate of drug-likeness (QED) is 0.221. The zero-order chi connectivity index (χ0) is 21.6. The number of benzene rings is 3. The largest absolute Gasteiger partial charge is 0.494 e. The average Bonchev–Trinajstić information content (AvgIpc) is 2.83. The fraction of sp³-hybridized carbons (Fsp3) is 0.0769. The maximum atomic E-state index is 8.97. The second kappa shape index (κ2) is 9.13. The summed E-state index contributed by atoms with van der Waals surface area (Å²) in [5.74, 6) is 0.723. The summed E-state index contributed by atoms with van der Waals surface area (Å²) in [5, 5.41) is 16.7. The van der Waals surface area contributed by atoms with Crippen molar-refractivity contribution in [2.24, 2.45) is 5.16 Å². The Morgan fingerprint density at radius 3 is 2.45 bits per heavy atom. The fourth-order valence-corrected chi connectivity index (χ4v) is 3.35. The molecule has 0 fully saturated rings. The minimum atomic E-state index is 0.569. The molecule has 4 rings (SSSR count). The molecule has 4 aromatic rings. The van der Waals surface area contributed by atoms with Crippen LogP contribution in [-0.2, 0) is 0 Å². The lowest BCUT2D eigenvalue weighted by Gasteiger charge is -2.13. The summed E-state index contributed by atoms with van der Waals surface area (Å²) in [6.45, 7) is 1.76. The third-order valence-corrected chi connectivity index (χ3v) is 5.02. The van der Waals surface area contributed by atoms with Crippen molar-refractivity contribution < 1.29 is 9.94 Å². The molecule has 0 atom stereocenters. The van der Waals surface area contributed by atoms with Crippen LogP contribution in [0.15, 0.2) is 84.0 Å². The van der Waals surface area contributed by atoms with Gasteiger partial charge < -0.3 is 15.3 Å². The van der Waals surface area contributed by atoms with Gasteiger partial charge in [-0.05, 0) is 48.4 Å². The zero-order valence-corrected chi connectivity index (χ0v) is 17.4. The summed E-state index contributed by atoms with van der Waals surface area (Å²) >= 11 is 0. The van der Waals surface area contributed by atoms with E-state index in [0.717, 1.165) is 44.8 Å². The number of para-hydroxylation sites is 1. The van der Waals surface area contributed by atoms with Crippen molar-refractivity contribution in [3.63, 3.8) is 0 Å². The predicted octanol–water partition coefficient (Wildman–Crippen LogP) is 6.36. The van der Waals surface area contributed by atoms with Crippen molar-refractivity contribution in [3.8, 4) is 5.75 Å². The first-order chi connectivity index (χ1) is 15.2. The molecule has 0 aliphatic heterocycles. The second-order valence-corrected chi connectivity index (χ2v) is 7.08. The number of pyridine rings is 1. The number of nitrogens with zero attached hydrogens (tertiary/aromatic N) is 2. The molecule has 5 heteroatoms. The van der Waals surface area contributed by atoms with Crippen LogP contribution >= 0.6 is 0 Å². The normalized spacial score (nSPS) is 11.7. The van der Waals surface area contributed by atoms with Crippen molar-refractivity contribution in [1.29, 1.82) is 0 Å². The monoisotopic (exact) mass is 409 g/mol. The lowest BCUT2D eigenvalue weighted by molar-refractivity contribution is 0.319. The Kier molecular flexibility index (Phi) is 5.94.